The minimum atomic E-state index is -0.373. The van der Waals surface area contributed by atoms with Gasteiger partial charge in [-0.05, 0) is 12.8 Å². The van der Waals surface area contributed by atoms with Crippen LogP contribution in [0.3, 0.4) is 0 Å². The highest BCUT2D eigenvalue weighted by atomic mass is 16.3. The zero-order valence-corrected chi connectivity index (χ0v) is 9.74. The third kappa shape index (κ3) is 3.20. The molecule has 0 radical (unpaired) electrons. The van der Waals surface area contributed by atoms with E-state index in [1.165, 1.54) is 6.42 Å². The third-order valence-electron chi connectivity index (χ3n) is 3.15. The van der Waals surface area contributed by atoms with Crippen LogP contribution in [0.4, 0.5) is 0 Å². The minimum Gasteiger partial charge on any atom is -0.395 e. The van der Waals surface area contributed by atoms with Gasteiger partial charge in [0.25, 0.3) is 0 Å². The second-order valence-corrected chi connectivity index (χ2v) is 4.29. The molecule has 0 aliphatic heterocycles. The number of rotatable bonds is 5. The summed E-state index contributed by atoms with van der Waals surface area (Å²) in [6.07, 6.45) is 10.7. The van der Waals surface area contributed by atoms with Gasteiger partial charge in [0.2, 0.25) is 5.91 Å². The van der Waals surface area contributed by atoms with Crippen LogP contribution in [0, 0.1) is 5.41 Å². The quantitative estimate of drug-likeness (QED) is 0.698. The Morgan fingerprint density at radius 3 is 2.62 bits per heavy atom. The van der Waals surface area contributed by atoms with Crippen molar-refractivity contribution >= 4 is 5.91 Å². The number of aliphatic hydroxyl groups excluding tert-OH is 1. The first-order chi connectivity index (χ1) is 7.75. The predicted molar refractivity (Wildman–Crippen MR) is 65.0 cm³/mol. The summed E-state index contributed by atoms with van der Waals surface area (Å²) < 4.78 is 0. The van der Waals surface area contributed by atoms with Gasteiger partial charge in [-0.1, -0.05) is 44.1 Å². The number of hydrogen-bond donors (Lipinski definition) is 2. The Morgan fingerprint density at radius 1 is 1.38 bits per heavy atom. The van der Waals surface area contributed by atoms with Crippen LogP contribution in [0.15, 0.2) is 24.8 Å². The SMILES string of the molecule is C=CC=CC1(C(=O)NCCO)CCCCC1. The van der Waals surface area contributed by atoms with E-state index in [0.717, 1.165) is 25.7 Å². The fourth-order valence-electron chi connectivity index (χ4n) is 2.25. The summed E-state index contributed by atoms with van der Waals surface area (Å²) in [6.45, 7) is 3.97. The van der Waals surface area contributed by atoms with Crippen molar-refractivity contribution in [3.8, 4) is 0 Å². The Bertz CT molecular complexity index is 265. The smallest absolute Gasteiger partial charge is 0.230 e. The maximum atomic E-state index is 12.1. The van der Waals surface area contributed by atoms with E-state index < -0.39 is 0 Å². The lowest BCUT2D eigenvalue weighted by atomic mass is 9.73. The van der Waals surface area contributed by atoms with Crippen LogP contribution < -0.4 is 5.32 Å². The van der Waals surface area contributed by atoms with Crippen LogP contribution in [0.5, 0.6) is 0 Å². The molecule has 90 valence electrons. The highest BCUT2D eigenvalue weighted by Gasteiger charge is 2.36. The van der Waals surface area contributed by atoms with Gasteiger partial charge in [-0.25, -0.2) is 0 Å². The molecule has 3 nitrogen and oxygen atoms in total. The lowest BCUT2D eigenvalue weighted by molar-refractivity contribution is -0.130. The molecule has 2 N–H and O–H groups in total. The molecule has 0 aromatic heterocycles. The van der Waals surface area contributed by atoms with Crippen molar-refractivity contribution in [2.45, 2.75) is 32.1 Å². The average molecular weight is 223 g/mol. The van der Waals surface area contributed by atoms with Gasteiger partial charge in [-0.2, -0.15) is 0 Å². The Labute approximate surface area is 97.2 Å². The lowest BCUT2D eigenvalue weighted by Gasteiger charge is -2.33. The van der Waals surface area contributed by atoms with E-state index in [1.807, 2.05) is 12.2 Å². The fraction of sp³-hybridized carbons (Fsp3) is 0.615. The maximum Gasteiger partial charge on any atom is 0.230 e. The first kappa shape index (κ1) is 13.0. The molecular weight excluding hydrogens is 202 g/mol. The topological polar surface area (TPSA) is 49.3 Å². The minimum absolute atomic E-state index is 0.00695. The van der Waals surface area contributed by atoms with E-state index in [0.29, 0.717) is 6.54 Å². The van der Waals surface area contributed by atoms with Crippen molar-refractivity contribution < 1.29 is 9.90 Å². The molecule has 0 unspecified atom stereocenters. The van der Waals surface area contributed by atoms with Gasteiger partial charge in [0.05, 0.1) is 12.0 Å². The standard InChI is InChI=1S/C13H21NO2/c1-2-3-7-13(8-5-4-6-9-13)12(16)14-10-11-15/h2-3,7,15H,1,4-6,8-11H2,(H,14,16). The van der Waals surface area contributed by atoms with Gasteiger partial charge in [0, 0.05) is 6.54 Å². The second kappa shape index (κ2) is 6.48. The summed E-state index contributed by atoms with van der Waals surface area (Å²) in [5, 5.41) is 11.5. The molecule has 1 aliphatic rings. The molecule has 0 heterocycles. The highest BCUT2D eigenvalue weighted by Crippen LogP contribution is 2.37. The summed E-state index contributed by atoms with van der Waals surface area (Å²) >= 11 is 0. The third-order valence-corrected chi connectivity index (χ3v) is 3.15. The number of aliphatic hydroxyl groups is 1. The summed E-state index contributed by atoms with van der Waals surface area (Å²) in [4.78, 5) is 12.1. The number of amides is 1. The number of carbonyl (C=O) groups is 1. The van der Waals surface area contributed by atoms with E-state index in [-0.39, 0.29) is 17.9 Å². The van der Waals surface area contributed by atoms with E-state index in [1.54, 1.807) is 6.08 Å². The van der Waals surface area contributed by atoms with Gasteiger partial charge in [-0.3, -0.25) is 4.79 Å². The van der Waals surface area contributed by atoms with Crippen LogP contribution in [0.2, 0.25) is 0 Å². The van der Waals surface area contributed by atoms with Crippen LogP contribution in [0.25, 0.3) is 0 Å². The highest BCUT2D eigenvalue weighted by molar-refractivity contribution is 5.84. The van der Waals surface area contributed by atoms with Crippen molar-refractivity contribution in [2.24, 2.45) is 5.41 Å². The summed E-state index contributed by atoms with van der Waals surface area (Å²) in [5.74, 6) is 0.0411. The molecule has 1 rings (SSSR count). The molecule has 1 saturated carbocycles. The zero-order valence-electron chi connectivity index (χ0n) is 9.74. The molecule has 1 amide bonds. The predicted octanol–water partition coefficient (Wildman–Crippen LogP) is 1.79. The number of hydrogen-bond acceptors (Lipinski definition) is 2. The van der Waals surface area contributed by atoms with Crippen molar-refractivity contribution in [3.63, 3.8) is 0 Å². The fourth-order valence-corrected chi connectivity index (χ4v) is 2.25. The van der Waals surface area contributed by atoms with Gasteiger partial charge in [0.15, 0.2) is 0 Å². The molecule has 1 aliphatic carbocycles. The molecule has 1 fully saturated rings. The molecule has 3 heteroatoms. The van der Waals surface area contributed by atoms with E-state index in [9.17, 15) is 4.79 Å². The molecule has 0 atom stereocenters. The number of allylic oxidation sites excluding steroid dienone is 2. The number of nitrogens with one attached hydrogen (secondary N) is 1. The largest absolute Gasteiger partial charge is 0.395 e. The average Bonchev–Trinajstić information content (AvgIpc) is 2.34. The Kier molecular flexibility index (Phi) is 5.26. The van der Waals surface area contributed by atoms with Crippen molar-refractivity contribution in [3.05, 3.63) is 24.8 Å². The molecule has 0 spiro atoms. The second-order valence-electron chi connectivity index (χ2n) is 4.29. The monoisotopic (exact) mass is 223 g/mol. The first-order valence-corrected chi connectivity index (χ1v) is 5.94. The molecule has 0 aromatic rings. The van der Waals surface area contributed by atoms with Crippen molar-refractivity contribution in [2.75, 3.05) is 13.2 Å². The van der Waals surface area contributed by atoms with Crippen LogP contribution in [-0.2, 0) is 4.79 Å². The molecule has 0 aromatic carbocycles. The Hall–Kier alpha value is -1.09. The number of carbonyl (C=O) groups excluding carboxylic acids is 1. The first-order valence-electron chi connectivity index (χ1n) is 5.94. The van der Waals surface area contributed by atoms with E-state index in [2.05, 4.69) is 11.9 Å². The van der Waals surface area contributed by atoms with Crippen LogP contribution in [0.1, 0.15) is 32.1 Å². The molecule has 0 bridgehead atoms. The summed E-state index contributed by atoms with van der Waals surface area (Å²) in [6, 6.07) is 0. The molecule has 16 heavy (non-hydrogen) atoms. The van der Waals surface area contributed by atoms with Crippen molar-refractivity contribution in [1.82, 2.24) is 5.32 Å². The van der Waals surface area contributed by atoms with Crippen LogP contribution in [-0.4, -0.2) is 24.2 Å². The van der Waals surface area contributed by atoms with Gasteiger partial charge < -0.3 is 10.4 Å². The van der Waals surface area contributed by atoms with Crippen molar-refractivity contribution in [1.29, 1.82) is 0 Å². The maximum absolute atomic E-state index is 12.1. The normalized spacial score (nSPS) is 19.6. The van der Waals surface area contributed by atoms with Gasteiger partial charge >= 0.3 is 0 Å². The van der Waals surface area contributed by atoms with E-state index >= 15 is 0 Å². The van der Waals surface area contributed by atoms with Crippen LogP contribution >= 0.6 is 0 Å². The Balaban J connectivity index is 2.72. The van der Waals surface area contributed by atoms with Gasteiger partial charge in [0.1, 0.15) is 0 Å². The molecular formula is C13H21NO2. The summed E-state index contributed by atoms with van der Waals surface area (Å²) in [5.41, 5.74) is -0.373. The molecule has 0 saturated heterocycles. The van der Waals surface area contributed by atoms with Gasteiger partial charge in [-0.15, -0.1) is 0 Å². The Morgan fingerprint density at radius 2 is 2.06 bits per heavy atom. The zero-order chi connectivity index (χ0) is 11.9. The summed E-state index contributed by atoms with van der Waals surface area (Å²) in [7, 11) is 0. The van der Waals surface area contributed by atoms with E-state index in [4.69, 9.17) is 5.11 Å². The lowest BCUT2D eigenvalue weighted by Crippen LogP contribution is -2.42.